The minimum absolute atomic E-state index is 0.352. The van der Waals surface area contributed by atoms with Gasteiger partial charge < -0.3 is 14.6 Å². The van der Waals surface area contributed by atoms with Gasteiger partial charge in [0.15, 0.2) is 5.16 Å². The van der Waals surface area contributed by atoms with Gasteiger partial charge in [-0.15, -0.1) is 0 Å². The first-order chi connectivity index (χ1) is 16.1. The Hall–Kier alpha value is -3.06. The van der Waals surface area contributed by atoms with E-state index in [1.807, 2.05) is 67.6 Å². The normalized spacial score (nSPS) is 11.7. The SMILES string of the molecule is CCCC[C@@H](Sc1nc(OCCc2ccccc2)cc(OCCc2ccccc2)n1)C(=O)O. The standard InChI is InChI=1S/C26H30N2O4S/c1-2-3-14-22(25(29)30)33-26-27-23(31-17-15-20-10-6-4-7-11-20)19-24(28-26)32-18-16-21-12-8-5-9-13-21/h4-13,19,22H,2-3,14-18H2,1H3,(H,29,30)/t22-/m1/s1. The van der Waals surface area contributed by atoms with Crippen molar-refractivity contribution in [2.75, 3.05) is 13.2 Å². The van der Waals surface area contributed by atoms with Gasteiger partial charge in [-0.25, -0.2) is 0 Å². The molecule has 33 heavy (non-hydrogen) atoms. The number of carbonyl (C=O) groups is 1. The fraction of sp³-hybridized carbons (Fsp3) is 0.346. The molecule has 0 aliphatic rings. The quantitative estimate of drug-likeness (QED) is 0.250. The van der Waals surface area contributed by atoms with Gasteiger partial charge in [-0.2, -0.15) is 9.97 Å². The van der Waals surface area contributed by atoms with Crippen LogP contribution in [0.15, 0.2) is 71.9 Å². The van der Waals surface area contributed by atoms with Crippen LogP contribution in [0.5, 0.6) is 11.8 Å². The van der Waals surface area contributed by atoms with E-state index in [-0.39, 0.29) is 0 Å². The van der Waals surface area contributed by atoms with Crippen LogP contribution in [0.3, 0.4) is 0 Å². The fourth-order valence-corrected chi connectivity index (χ4v) is 4.10. The van der Waals surface area contributed by atoms with E-state index in [0.717, 1.165) is 37.4 Å². The number of hydrogen-bond acceptors (Lipinski definition) is 6. The second-order valence-electron chi connectivity index (χ2n) is 7.58. The van der Waals surface area contributed by atoms with Gasteiger partial charge in [0.05, 0.1) is 19.3 Å². The maximum Gasteiger partial charge on any atom is 0.317 e. The average Bonchev–Trinajstić information content (AvgIpc) is 2.83. The van der Waals surface area contributed by atoms with E-state index < -0.39 is 11.2 Å². The molecule has 0 aliphatic carbocycles. The number of carboxylic acids is 1. The van der Waals surface area contributed by atoms with E-state index in [1.54, 1.807) is 6.07 Å². The number of hydrogen-bond donors (Lipinski definition) is 1. The Kier molecular flexibility index (Phi) is 10.0. The molecule has 3 rings (SSSR count). The van der Waals surface area contributed by atoms with Crippen molar-refractivity contribution < 1.29 is 19.4 Å². The van der Waals surface area contributed by atoms with E-state index in [4.69, 9.17) is 9.47 Å². The second kappa shape index (κ2) is 13.5. The summed E-state index contributed by atoms with van der Waals surface area (Å²) in [6, 6.07) is 21.8. The number of thioether (sulfide) groups is 1. The summed E-state index contributed by atoms with van der Waals surface area (Å²) in [7, 11) is 0. The highest BCUT2D eigenvalue weighted by molar-refractivity contribution is 8.00. The summed E-state index contributed by atoms with van der Waals surface area (Å²) in [6.45, 7) is 2.94. The molecule has 1 N–H and O–H groups in total. The van der Waals surface area contributed by atoms with Crippen LogP contribution in [-0.4, -0.2) is 39.5 Å². The molecular weight excluding hydrogens is 436 g/mol. The molecule has 0 radical (unpaired) electrons. The molecule has 7 heteroatoms. The van der Waals surface area contributed by atoms with Gasteiger partial charge in [0.2, 0.25) is 11.8 Å². The van der Waals surface area contributed by atoms with Crippen LogP contribution in [0.2, 0.25) is 0 Å². The third kappa shape index (κ3) is 8.77. The first-order valence-corrected chi connectivity index (χ1v) is 12.1. The zero-order valence-electron chi connectivity index (χ0n) is 18.9. The van der Waals surface area contributed by atoms with Gasteiger partial charge >= 0.3 is 5.97 Å². The molecule has 0 fully saturated rings. The lowest BCUT2D eigenvalue weighted by molar-refractivity contribution is -0.136. The molecule has 0 saturated carbocycles. The zero-order valence-corrected chi connectivity index (χ0v) is 19.7. The van der Waals surface area contributed by atoms with Crippen LogP contribution in [0.25, 0.3) is 0 Å². The number of aliphatic carboxylic acids is 1. The lowest BCUT2D eigenvalue weighted by Gasteiger charge is -2.13. The van der Waals surface area contributed by atoms with E-state index >= 15 is 0 Å². The minimum atomic E-state index is -0.862. The molecule has 0 unspecified atom stereocenters. The number of carboxylic acid groups (broad SMARTS) is 1. The first kappa shape index (κ1) is 24.6. The molecule has 0 amide bonds. The van der Waals surface area contributed by atoms with Crippen LogP contribution in [0.4, 0.5) is 0 Å². The summed E-state index contributed by atoms with van der Waals surface area (Å²) < 4.78 is 11.8. The highest BCUT2D eigenvalue weighted by atomic mass is 32.2. The van der Waals surface area contributed by atoms with Gasteiger partial charge in [0, 0.05) is 12.8 Å². The second-order valence-corrected chi connectivity index (χ2v) is 8.75. The molecule has 1 heterocycles. The molecule has 174 valence electrons. The van der Waals surface area contributed by atoms with Crippen LogP contribution in [0.1, 0.15) is 37.3 Å². The molecular formula is C26H30N2O4S. The van der Waals surface area contributed by atoms with Crippen molar-refractivity contribution in [2.45, 2.75) is 49.4 Å². The number of aromatic nitrogens is 2. The van der Waals surface area contributed by atoms with E-state index in [2.05, 4.69) is 9.97 Å². The summed E-state index contributed by atoms with van der Waals surface area (Å²) in [5.41, 5.74) is 2.34. The van der Waals surface area contributed by atoms with Crippen molar-refractivity contribution in [3.8, 4) is 11.8 Å². The van der Waals surface area contributed by atoms with Gasteiger partial charge in [-0.05, 0) is 17.5 Å². The Bertz CT molecular complexity index is 922. The van der Waals surface area contributed by atoms with Crippen molar-refractivity contribution in [1.82, 2.24) is 9.97 Å². The van der Waals surface area contributed by atoms with Gasteiger partial charge in [-0.3, -0.25) is 4.79 Å². The highest BCUT2D eigenvalue weighted by Crippen LogP contribution is 2.28. The number of rotatable bonds is 14. The molecule has 0 bridgehead atoms. The van der Waals surface area contributed by atoms with Crippen molar-refractivity contribution in [3.05, 3.63) is 77.9 Å². The maximum atomic E-state index is 11.7. The van der Waals surface area contributed by atoms with Crippen molar-refractivity contribution in [2.24, 2.45) is 0 Å². The van der Waals surface area contributed by atoms with Gasteiger partial charge in [0.25, 0.3) is 0 Å². The molecule has 1 atom stereocenters. The van der Waals surface area contributed by atoms with E-state index in [1.165, 1.54) is 11.1 Å². The van der Waals surface area contributed by atoms with Crippen LogP contribution in [0, 0.1) is 0 Å². The molecule has 2 aromatic carbocycles. The molecule has 3 aromatic rings. The predicted octanol–water partition coefficient (Wildman–Crippen LogP) is 5.46. The number of unbranched alkanes of at least 4 members (excludes halogenated alkanes) is 1. The van der Waals surface area contributed by atoms with Crippen LogP contribution >= 0.6 is 11.8 Å². The number of benzene rings is 2. The Balaban J connectivity index is 1.68. The van der Waals surface area contributed by atoms with Crippen LogP contribution < -0.4 is 9.47 Å². The Labute approximate surface area is 199 Å². The summed E-state index contributed by atoms with van der Waals surface area (Å²) in [5.74, 6) is -0.0884. The summed E-state index contributed by atoms with van der Waals surface area (Å²) >= 11 is 1.14. The van der Waals surface area contributed by atoms with Crippen LogP contribution in [-0.2, 0) is 17.6 Å². The number of ether oxygens (including phenoxy) is 2. The third-order valence-corrected chi connectivity index (χ3v) is 6.08. The topological polar surface area (TPSA) is 81.5 Å². The molecule has 0 spiro atoms. The van der Waals surface area contributed by atoms with Crippen molar-refractivity contribution in [3.63, 3.8) is 0 Å². The molecule has 0 aliphatic heterocycles. The smallest absolute Gasteiger partial charge is 0.317 e. The summed E-state index contributed by atoms with van der Waals surface area (Å²) in [4.78, 5) is 20.6. The fourth-order valence-electron chi connectivity index (χ4n) is 3.17. The number of nitrogens with zero attached hydrogens (tertiary/aromatic N) is 2. The minimum Gasteiger partial charge on any atom is -0.480 e. The average molecular weight is 467 g/mol. The molecule has 0 saturated heterocycles. The van der Waals surface area contributed by atoms with Gasteiger partial charge in [-0.1, -0.05) is 92.2 Å². The Morgan fingerprint density at radius 3 is 1.88 bits per heavy atom. The maximum absolute atomic E-state index is 11.7. The van der Waals surface area contributed by atoms with Crippen molar-refractivity contribution in [1.29, 1.82) is 0 Å². The third-order valence-electron chi connectivity index (χ3n) is 4.97. The van der Waals surface area contributed by atoms with Gasteiger partial charge in [0.1, 0.15) is 5.25 Å². The highest BCUT2D eigenvalue weighted by Gasteiger charge is 2.21. The molecule has 1 aromatic heterocycles. The Morgan fingerprint density at radius 1 is 0.909 bits per heavy atom. The lowest BCUT2D eigenvalue weighted by Crippen LogP contribution is -2.17. The largest absolute Gasteiger partial charge is 0.480 e. The first-order valence-electron chi connectivity index (χ1n) is 11.3. The van der Waals surface area contributed by atoms with E-state index in [0.29, 0.717) is 36.6 Å². The monoisotopic (exact) mass is 466 g/mol. The summed E-state index contributed by atoms with van der Waals surface area (Å²) in [6.07, 6.45) is 3.81. The molecule has 6 nitrogen and oxygen atoms in total. The predicted molar refractivity (Wildman–Crippen MR) is 130 cm³/mol. The zero-order chi connectivity index (χ0) is 23.3. The Morgan fingerprint density at radius 2 is 1.42 bits per heavy atom. The summed E-state index contributed by atoms with van der Waals surface area (Å²) in [5, 5.41) is 9.34. The lowest BCUT2D eigenvalue weighted by atomic mass is 10.2. The van der Waals surface area contributed by atoms with Crippen molar-refractivity contribution >= 4 is 17.7 Å². The van der Waals surface area contributed by atoms with E-state index in [9.17, 15) is 9.90 Å².